The van der Waals surface area contributed by atoms with Crippen molar-refractivity contribution in [1.29, 1.82) is 0 Å². The van der Waals surface area contributed by atoms with Crippen molar-refractivity contribution < 1.29 is 19.4 Å². The molecular weight excluding hydrogens is 256 g/mol. The van der Waals surface area contributed by atoms with Gasteiger partial charge in [0.25, 0.3) is 0 Å². The first-order valence-electron chi connectivity index (χ1n) is 6.96. The summed E-state index contributed by atoms with van der Waals surface area (Å²) in [6.07, 6.45) is 1.37. The van der Waals surface area contributed by atoms with Gasteiger partial charge in [0.1, 0.15) is 0 Å². The molecule has 4 nitrogen and oxygen atoms in total. The fraction of sp³-hybridized carbons (Fsp3) is 0.562. The second-order valence-corrected chi connectivity index (χ2v) is 6.93. The van der Waals surface area contributed by atoms with Gasteiger partial charge in [0, 0.05) is 0 Å². The van der Waals surface area contributed by atoms with Crippen LogP contribution >= 0.6 is 0 Å². The molecule has 1 N–H and O–H groups in total. The minimum Gasteiger partial charge on any atom is -0.481 e. The van der Waals surface area contributed by atoms with Gasteiger partial charge in [-0.05, 0) is 41.9 Å². The summed E-state index contributed by atoms with van der Waals surface area (Å²) in [5.41, 5.74) is 0.212. The number of carboxylic acids is 1. The highest BCUT2D eigenvalue weighted by Crippen LogP contribution is 2.55. The van der Waals surface area contributed by atoms with Crippen LogP contribution in [-0.2, 0) is 10.2 Å². The summed E-state index contributed by atoms with van der Waals surface area (Å²) in [7, 11) is 0. The van der Waals surface area contributed by atoms with Crippen molar-refractivity contribution in [2.45, 2.75) is 39.0 Å². The molecule has 0 spiro atoms. The van der Waals surface area contributed by atoms with E-state index in [4.69, 9.17) is 9.47 Å². The van der Waals surface area contributed by atoms with Gasteiger partial charge in [-0.2, -0.15) is 0 Å². The van der Waals surface area contributed by atoms with Crippen molar-refractivity contribution >= 4 is 5.97 Å². The molecule has 1 fully saturated rings. The van der Waals surface area contributed by atoms with Gasteiger partial charge in [0.2, 0.25) is 6.79 Å². The first-order valence-corrected chi connectivity index (χ1v) is 6.96. The fourth-order valence-corrected chi connectivity index (χ4v) is 3.12. The van der Waals surface area contributed by atoms with E-state index in [0.717, 1.165) is 5.56 Å². The van der Waals surface area contributed by atoms with Crippen LogP contribution in [0.15, 0.2) is 18.2 Å². The zero-order valence-corrected chi connectivity index (χ0v) is 12.1. The maximum atomic E-state index is 11.8. The van der Waals surface area contributed by atoms with Crippen molar-refractivity contribution in [2.75, 3.05) is 6.79 Å². The summed E-state index contributed by atoms with van der Waals surface area (Å²) in [6, 6.07) is 5.50. The Morgan fingerprint density at radius 3 is 2.50 bits per heavy atom. The molecule has 0 atom stereocenters. The highest BCUT2D eigenvalue weighted by molar-refractivity contribution is 5.83. The van der Waals surface area contributed by atoms with E-state index in [1.54, 1.807) is 0 Å². The van der Waals surface area contributed by atoms with Crippen LogP contribution in [0.2, 0.25) is 0 Å². The Labute approximate surface area is 118 Å². The van der Waals surface area contributed by atoms with Crippen LogP contribution in [0.3, 0.4) is 0 Å². The Morgan fingerprint density at radius 1 is 1.25 bits per heavy atom. The van der Waals surface area contributed by atoms with Crippen molar-refractivity contribution in [1.82, 2.24) is 0 Å². The summed E-state index contributed by atoms with van der Waals surface area (Å²) in [5, 5.41) is 9.70. The predicted octanol–water partition coefficient (Wildman–Crippen LogP) is 3.19. The molecule has 1 aliphatic heterocycles. The Hall–Kier alpha value is -1.71. The Bertz CT molecular complexity index is 550. The molecule has 108 valence electrons. The molecule has 20 heavy (non-hydrogen) atoms. The topological polar surface area (TPSA) is 55.8 Å². The van der Waals surface area contributed by atoms with Gasteiger partial charge in [-0.1, -0.05) is 26.8 Å². The zero-order chi connectivity index (χ0) is 14.5. The van der Waals surface area contributed by atoms with Crippen molar-refractivity contribution in [3.05, 3.63) is 23.8 Å². The van der Waals surface area contributed by atoms with Crippen LogP contribution < -0.4 is 9.47 Å². The Kier molecular flexibility index (Phi) is 2.75. The number of fused-ring (bicyclic) bond motifs is 1. The molecule has 0 amide bonds. The highest BCUT2D eigenvalue weighted by Gasteiger charge is 2.54. The molecule has 1 saturated carbocycles. The smallest absolute Gasteiger partial charge is 0.314 e. The summed E-state index contributed by atoms with van der Waals surface area (Å²) >= 11 is 0. The third-order valence-electron chi connectivity index (χ3n) is 4.75. The number of carbonyl (C=O) groups is 1. The molecule has 2 aliphatic rings. The number of hydrogen-bond acceptors (Lipinski definition) is 3. The summed E-state index contributed by atoms with van der Waals surface area (Å²) in [5.74, 6) is 1.05. The van der Waals surface area contributed by atoms with Gasteiger partial charge >= 0.3 is 5.97 Å². The minimum atomic E-state index is -0.765. The molecular formula is C16H20O4. The molecule has 1 aromatic carbocycles. The second-order valence-electron chi connectivity index (χ2n) is 6.93. The highest BCUT2D eigenvalue weighted by atomic mass is 16.7. The second kappa shape index (κ2) is 4.14. The normalized spacial score (nSPS) is 28.1. The van der Waals surface area contributed by atoms with Gasteiger partial charge in [-0.3, -0.25) is 4.79 Å². The van der Waals surface area contributed by atoms with Crippen LogP contribution in [0.1, 0.15) is 39.2 Å². The van der Waals surface area contributed by atoms with E-state index in [0.29, 0.717) is 30.3 Å². The molecule has 0 unspecified atom stereocenters. The standard InChI is InChI=1S/C16H20O4/c1-15(2,3)11-7-16(8-11,14(17)18)10-4-5-12-13(6-10)20-9-19-12/h4-6,11H,7-9H2,1-3H3,(H,17,18). The van der Waals surface area contributed by atoms with E-state index in [9.17, 15) is 9.90 Å². The summed E-state index contributed by atoms with van der Waals surface area (Å²) < 4.78 is 10.6. The zero-order valence-electron chi connectivity index (χ0n) is 12.1. The maximum Gasteiger partial charge on any atom is 0.314 e. The van der Waals surface area contributed by atoms with Gasteiger partial charge in [-0.25, -0.2) is 0 Å². The quantitative estimate of drug-likeness (QED) is 0.901. The lowest BCUT2D eigenvalue weighted by molar-refractivity contribution is -0.152. The number of aliphatic carboxylic acids is 1. The van der Waals surface area contributed by atoms with E-state index in [1.807, 2.05) is 18.2 Å². The lowest BCUT2D eigenvalue weighted by Crippen LogP contribution is -2.51. The van der Waals surface area contributed by atoms with E-state index >= 15 is 0 Å². The molecule has 0 aromatic heterocycles. The Balaban J connectivity index is 1.92. The molecule has 0 radical (unpaired) electrons. The lowest BCUT2D eigenvalue weighted by atomic mass is 9.52. The van der Waals surface area contributed by atoms with E-state index in [1.165, 1.54) is 0 Å². The third kappa shape index (κ3) is 1.86. The molecule has 1 aromatic rings. The molecule has 1 heterocycles. The lowest BCUT2D eigenvalue weighted by Gasteiger charge is -2.50. The monoisotopic (exact) mass is 276 g/mol. The van der Waals surface area contributed by atoms with Crippen LogP contribution in [-0.4, -0.2) is 17.9 Å². The average molecular weight is 276 g/mol. The molecule has 0 saturated heterocycles. The number of ether oxygens (including phenoxy) is 2. The molecule has 1 aliphatic carbocycles. The van der Waals surface area contributed by atoms with E-state index in [-0.39, 0.29) is 12.2 Å². The largest absolute Gasteiger partial charge is 0.481 e. The van der Waals surface area contributed by atoms with Crippen LogP contribution in [0.4, 0.5) is 0 Å². The first-order chi connectivity index (χ1) is 9.33. The summed E-state index contributed by atoms with van der Waals surface area (Å²) in [6.45, 7) is 6.72. The van der Waals surface area contributed by atoms with E-state index < -0.39 is 11.4 Å². The van der Waals surface area contributed by atoms with Crippen LogP contribution in [0.5, 0.6) is 11.5 Å². The van der Waals surface area contributed by atoms with E-state index in [2.05, 4.69) is 20.8 Å². The third-order valence-corrected chi connectivity index (χ3v) is 4.75. The van der Waals surface area contributed by atoms with Gasteiger partial charge in [-0.15, -0.1) is 0 Å². The van der Waals surface area contributed by atoms with Gasteiger partial charge < -0.3 is 14.6 Å². The van der Waals surface area contributed by atoms with Crippen molar-refractivity contribution in [2.24, 2.45) is 11.3 Å². The molecule has 3 rings (SSSR count). The maximum absolute atomic E-state index is 11.8. The minimum absolute atomic E-state index is 0.148. The first kappa shape index (κ1) is 13.3. The predicted molar refractivity (Wildman–Crippen MR) is 74.1 cm³/mol. The molecule has 0 bridgehead atoms. The van der Waals surface area contributed by atoms with Crippen molar-refractivity contribution in [3.63, 3.8) is 0 Å². The van der Waals surface area contributed by atoms with Gasteiger partial charge in [0.05, 0.1) is 5.41 Å². The molecule has 4 heteroatoms. The van der Waals surface area contributed by atoms with Crippen LogP contribution in [0, 0.1) is 11.3 Å². The van der Waals surface area contributed by atoms with Crippen molar-refractivity contribution in [3.8, 4) is 11.5 Å². The summed E-state index contributed by atoms with van der Waals surface area (Å²) in [4.78, 5) is 11.8. The number of rotatable bonds is 2. The van der Waals surface area contributed by atoms with Crippen LogP contribution in [0.25, 0.3) is 0 Å². The number of carboxylic acid groups (broad SMARTS) is 1. The number of hydrogen-bond donors (Lipinski definition) is 1. The average Bonchev–Trinajstić information content (AvgIpc) is 2.72. The number of benzene rings is 1. The Morgan fingerprint density at radius 2 is 1.90 bits per heavy atom. The SMILES string of the molecule is CC(C)(C)C1CC(C(=O)O)(c2ccc3c(c2)OCO3)C1. The fourth-order valence-electron chi connectivity index (χ4n) is 3.12. The van der Waals surface area contributed by atoms with Gasteiger partial charge in [0.15, 0.2) is 11.5 Å².